The van der Waals surface area contributed by atoms with Gasteiger partial charge in [0.2, 0.25) is 11.2 Å². The smallest absolute Gasteiger partial charge is 0.399 e. The van der Waals surface area contributed by atoms with E-state index in [-0.39, 0.29) is 110 Å². The van der Waals surface area contributed by atoms with E-state index in [1.807, 2.05) is 0 Å². The number of benzene rings is 6. The molecule has 6 nitrogen and oxygen atoms in total. The zero-order valence-electron chi connectivity index (χ0n) is 56.6. The Bertz CT molecular complexity index is 3880. The SMILES string of the molecule is Cc1ccc2c(c1)C(C(F)(F)F)(C(F)(F)F)OC2Br.Cc1ccc2c(c1)C(C(F)(F)F)(C(F)(F)F)OC2Br.Cc1ccc2c(c1)C(C(F)(F)F)(C(F)(F)F)OC2Cl.Cc1ccc2c(c1)C(C(F)(F)F)(C(F)(F)F)OC2Cl.Cc1ccc2c(c1)C(C(F)(F)F)(C(F)(F)F)O[CH-]2.Cc1ccc2c(c1)C(C(F)(F)F)(C(F)(F)F)O[CH-]2.[Y].[Y]. The quantitative estimate of drug-likeness (QED) is 0.0858. The molecule has 0 N–H and O–H groups in total. The zero-order chi connectivity index (χ0) is 86.1. The number of alkyl halides is 40. The summed E-state index contributed by atoms with van der Waals surface area (Å²) in [4.78, 5) is 0. The number of aryl methyl sites for hydroxylation is 6. The summed E-state index contributed by atoms with van der Waals surface area (Å²) in [5.74, 6) is 0. The van der Waals surface area contributed by atoms with Gasteiger partial charge in [0, 0.05) is 98.8 Å². The van der Waals surface area contributed by atoms with E-state index < -0.39 is 162 Å². The van der Waals surface area contributed by atoms with Crippen LogP contribution in [0.2, 0.25) is 0 Å². The van der Waals surface area contributed by atoms with Gasteiger partial charge in [0.1, 0.15) is 10.0 Å². The summed E-state index contributed by atoms with van der Waals surface area (Å²) in [6.07, 6.45) is -67.4. The second-order valence-corrected chi connectivity index (χ2v) is 27.3. The van der Waals surface area contributed by atoms with Crippen LogP contribution in [0.4, 0.5) is 158 Å². The van der Waals surface area contributed by atoms with Gasteiger partial charge in [-0.2, -0.15) is 181 Å². The Kier molecular flexibility index (Phi) is 29.2. The Hall–Kier alpha value is -3.95. The van der Waals surface area contributed by atoms with Gasteiger partial charge in [-0.3, -0.25) is 0 Å². The average Bonchev–Trinajstić information content (AvgIpc) is 1.55. The van der Waals surface area contributed by atoms with Crippen molar-refractivity contribution in [3.63, 3.8) is 0 Å². The standard InChI is InChI=1S/2C11H7BrF6O.2C11H7ClF6O.2C11H7F6O.2Y/c4*1-5-2-3-6-7(4-5)9(10(13,14)15,11(16,17)18)19-8(6)12;2*1-6-2-3-7-5-18-9(8(7)4-6,10(12,13)14)11(15,16)17;;/h4*2-4,8H,1H3;2*2-5H,1H3;;/q;;;;2*-1;;. The summed E-state index contributed by atoms with van der Waals surface area (Å²) in [5.41, 5.74) is -34.7. The summed E-state index contributed by atoms with van der Waals surface area (Å²) >= 11 is 16.3. The summed E-state index contributed by atoms with van der Waals surface area (Å²) in [5, 5.41) is -2.90. The molecule has 12 rings (SSSR count). The molecule has 0 spiro atoms. The summed E-state index contributed by atoms with van der Waals surface area (Å²) in [7, 11) is 0. The van der Waals surface area contributed by atoms with E-state index in [0.717, 1.165) is 48.5 Å². The van der Waals surface area contributed by atoms with Crippen molar-refractivity contribution in [2.75, 3.05) is 0 Å². The Balaban J connectivity index is 0.000000243. The van der Waals surface area contributed by atoms with E-state index in [4.69, 9.17) is 23.2 Å². The number of fused-ring (bicyclic) bond motifs is 6. The number of halogens is 40. The van der Waals surface area contributed by atoms with Crippen molar-refractivity contribution >= 4 is 55.1 Å². The Morgan fingerprint density at radius 2 is 0.421 bits per heavy atom. The van der Waals surface area contributed by atoms with Crippen LogP contribution in [0.25, 0.3) is 0 Å². The van der Waals surface area contributed by atoms with Crippen molar-refractivity contribution < 1.29 is 252 Å². The van der Waals surface area contributed by atoms with Crippen molar-refractivity contribution in [1.82, 2.24) is 0 Å². The average molecular weight is 2020 g/mol. The van der Waals surface area contributed by atoms with Crippen LogP contribution >= 0.6 is 55.1 Å². The molecule has 4 unspecified atom stereocenters. The third-order valence-corrected chi connectivity index (χ3v) is 19.2. The van der Waals surface area contributed by atoms with Crippen LogP contribution in [-0.2, 0) is 127 Å². The Labute approximate surface area is 694 Å². The van der Waals surface area contributed by atoms with Crippen molar-refractivity contribution in [3.05, 3.63) is 223 Å². The van der Waals surface area contributed by atoms with Gasteiger partial charge < -0.3 is 28.4 Å². The molecule has 6 aliphatic rings. The molecular formula is C66H42Br2Cl2F36O6Y2-2. The molecule has 48 heteroatoms. The monoisotopic (exact) mass is 2020 g/mol. The molecule has 6 aromatic rings. The number of hydrogen-bond donors (Lipinski definition) is 0. The number of hydrogen-bond acceptors (Lipinski definition) is 6. The largest absolute Gasteiger partial charge is 0.430 e. The van der Waals surface area contributed by atoms with Crippen LogP contribution in [0.5, 0.6) is 0 Å². The molecule has 630 valence electrons. The van der Waals surface area contributed by atoms with Crippen molar-refractivity contribution in [2.24, 2.45) is 0 Å². The first-order valence-electron chi connectivity index (χ1n) is 30.0. The van der Waals surface area contributed by atoms with Gasteiger partial charge in [-0.05, 0) is 52.7 Å². The van der Waals surface area contributed by atoms with E-state index in [2.05, 4.69) is 60.3 Å². The molecule has 0 aliphatic carbocycles. The summed E-state index contributed by atoms with van der Waals surface area (Å²) in [6, 6.07) is 20.4. The van der Waals surface area contributed by atoms with Gasteiger partial charge in [0.15, 0.2) is 11.1 Å². The second kappa shape index (κ2) is 33.1. The maximum atomic E-state index is 13.0. The van der Waals surface area contributed by atoms with Crippen molar-refractivity contribution in [3.8, 4) is 0 Å². The van der Waals surface area contributed by atoms with Crippen LogP contribution < -0.4 is 0 Å². The molecule has 2 radical (unpaired) electrons. The molecule has 6 aliphatic heterocycles. The molecule has 6 aromatic carbocycles. The predicted octanol–water partition coefficient (Wildman–Crippen LogP) is 26.3. The van der Waals surface area contributed by atoms with Crippen LogP contribution in [0, 0.1) is 54.8 Å². The number of rotatable bonds is 0. The number of ether oxygens (including phenoxy) is 6. The molecule has 4 atom stereocenters. The minimum Gasteiger partial charge on any atom is -0.399 e. The fourth-order valence-electron chi connectivity index (χ4n) is 12.0. The molecule has 0 aromatic heterocycles. The minimum absolute atomic E-state index is 0. The third kappa shape index (κ3) is 17.5. The van der Waals surface area contributed by atoms with Gasteiger partial charge in [0.25, 0.3) is 22.4 Å². The molecule has 0 bridgehead atoms. The maximum absolute atomic E-state index is 13.0. The molecule has 6 heterocycles. The van der Waals surface area contributed by atoms with Crippen molar-refractivity contribution in [1.29, 1.82) is 0 Å². The molecule has 0 fully saturated rings. The molecule has 0 saturated heterocycles. The normalized spacial score (nSPS) is 20.8. The van der Waals surface area contributed by atoms with Gasteiger partial charge in [-0.25, -0.2) is 0 Å². The first-order valence-corrected chi connectivity index (χ1v) is 32.7. The van der Waals surface area contributed by atoms with E-state index in [1.165, 1.54) is 102 Å². The molecule has 114 heavy (non-hydrogen) atoms. The fourth-order valence-corrected chi connectivity index (χ4v) is 14.0. The second-order valence-electron chi connectivity index (χ2n) is 24.8. The van der Waals surface area contributed by atoms with E-state index in [9.17, 15) is 158 Å². The third-order valence-electron chi connectivity index (χ3n) is 17.1. The molecule has 0 amide bonds. The van der Waals surface area contributed by atoms with Gasteiger partial charge in [-0.15, -0.1) is 24.3 Å². The molecular weight excluding hydrogens is 1980 g/mol. The molecule has 0 saturated carbocycles. The summed E-state index contributed by atoms with van der Waals surface area (Å²) < 4.78 is 491. The zero-order valence-corrected chi connectivity index (χ0v) is 66.9. The minimum atomic E-state index is -5.66. The van der Waals surface area contributed by atoms with E-state index >= 15 is 0 Å². The first-order chi connectivity index (χ1) is 50.2. The van der Waals surface area contributed by atoms with Crippen LogP contribution in [0.3, 0.4) is 0 Å². The predicted molar refractivity (Wildman–Crippen MR) is 324 cm³/mol. The Morgan fingerprint density at radius 3 is 0.623 bits per heavy atom. The van der Waals surface area contributed by atoms with Crippen molar-refractivity contribution in [2.45, 2.75) is 170 Å². The van der Waals surface area contributed by atoms with Gasteiger partial charge >= 0.3 is 74.1 Å². The van der Waals surface area contributed by atoms with E-state index in [0.29, 0.717) is 35.5 Å². The van der Waals surface area contributed by atoms with Gasteiger partial charge in [0.05, 0.1) is 0 Å². The maximum Gasteiger partial charge on any atom is 0.430 e. The summed E-state index contributed by atoms with van der Waals surface area (Å²) in [6.45, 7) is 9.43. The van der Waals surface area contributed by atoms with Crippen LogP contribution in [0.15, 0.2) is 109 Å². The van der Waals surface area contributed by atoms with E-state index in [1.54, 1.807) is 0 Å². The first kappa shape index (κ1) is 101. The van der Waals surface area contributed by atoms with Crippen LogP contribution in [-0.4, -0.2) is 74.1 Å². The fraction of sp³-hybridized carbons (Fsp3) is 0.424. The Morgan fingerprint density at radius 1 is 0.254 bits per heavy atom. The topological polar surface area (TPSA) is 55.4 Å². The van der Waals surface area contributed by atoms with Gasteiger partial charge in [-0.1, -0.05) is 186 Å². The van der Waals surface area contributed by atoms with Crippen LogP contribution in [0.1, 0.15) is 121 Å².